The average Bonchev–Trinajstić information content (AvgIpc) is 3.79. The summed E-state index contributed by atoms with van der Waals surface area (Å²) in [6.45, 7) is 3.70. The normalized spacial score (nSPS) is 22.1. The molecule has 7 heteroatoms. The first kappa shape index (κ1) is 30.1. The summed E-state index contributed by atoms with van der Waals surface area (Å²) in [5.41, 5.74) is 2.40. The Morgan fingerprint density at radius 3 is 1.80 bits per heavy atom. The molecule has 3 aromatic carbocycles. The van der Waals surface area contributed by atoms with Crippen molar-refractivity contribution in [1.82, 2.24) is 20.4 Å². The molecule has 0 saturated carbocycles. The first-order valence-electron chi connectivity index (χ1n) is 16.3. The lowest BCUT2D eigenvalue weighted by molar-refractivity contribution is -0.146. The second kappa shape index (κ2) is 13.8. The standard InChI is InChI=1S/C37H44N4O3/c42-34(25-37(29-14-4-1-5-15-29,30-16-6-2-7-17-30)31-18-8-3-9-19-31)40-23-12-21-33(40)36(44)41-24-11-20-32(41)35(43)39-27-28-13-10-22-38-26-28/h1-9,14-19,28,32-33,38H,10-13,20-27H2,(H,39,43)/t28?,32?,33-/m0/s1. The maximum atomic E-state index is 14.5. The minimum absolute atomic E-state index is 0.0394. The molecule has 230 valence electrons. The van der Waals surface area contributed by atoms with Gasteiger partial charge in [0.15, 0.2) is 0 Å². The third-order valence-electron chi connectivity index (χ3n) is 9.88. The SMILES string of the molecule is O=C(NCC1CCCNC1)C1CCCN1C(=O)[C@@H]1CCCN1C(=O)CC(c1ccccc1)(c1ccccc1)c1ccccc1. The van der Waals surface area contributed by atoms with Gasteiger partial charge in [-0.25, -0.2) is 0 Å². The van der Waals surface area contributed by atoms with Crippen LogP contribution in [0.2, 0.25) is 0 Å². The van der Waals surface area contributed by atoms with E-state index in [9.17, 15) is 14.4 Å². The molecule has 0 bridgehead atoms. The number of carbonyl (C=O) groups is 3. The van der Waals surface area contributed by atoms with Crippen LogP contribution in [0.1, 0.15) is 61.6 Å². The van der Waals surface area contributed by atoms with E-state index in [1.54, 1.807) is 9.80 Å². The van der Waals surface area contributed by atoms with E-state index in [1.165, 1.54) is 0 Å². The van der Waals surface area contributed by atoms with Gasteiger partial charge >= 0.3 is 0 Å². The van der Waals surface area contributed by atoms with E-state index in [2.05, 4.69) is 47.0 Å². The number of likely N-dealkylation sites (tertiary alicyclic amines) is 2. The highest BCUT2D eigenvalue weighted by atomic mass is 16.2. The molecule has 3 aliphatic rings. The number of nitrogens with one attached hydrogen (secondary N) is 2. The number of piperidine rings is 1. The first-order chi connectivity index (χ1) is 21.6. The van der Waals surface area contributed by atoms with Crippen LogP contribution in [0.25, 0.3) is 0 Å². The van der Waals surface area contributed by atoms with Crippen molar-refractivity contribution in [3.05, 3.63) is 108 Å². The molecule has 6 rings (SSSR count). The molecule has 3 saturated heterocycles. The van der Waals surface area contributed by atoms with Crippen LogP contribution in [0, 0.1) is 5.92 Å². The molecule has 3 fully saturated rings. The largest absolute Gasteiger partial charge is 0.354 e. The maximum absolute atomic E-state index is 14.5. The molecule has 0 spiro atoms. The van der Waals surface area contributed by atoms with E-state index >= 15 is 0 Å². The lowest BCUT2D eigenvalue weighted by atomic mass is 9.67. The fourth-order valence-corrected chi connectivity index (χ4v) is 7.58. The highest BCUT2D eigenvalue weighted by Gasteiger charge is 2.45. The molecular formula is C37H44N4O3. The summed E-state index contributed by atoms with van der Waals surface area (Å²) in [7, 11) is 0. The summed E-state index contributed by atoms with van der Waals surface area (Å²) >= 11 is 0. The van der Waals surface area contributed by atoms with Gasteiger partial charge in [0.2, 0.25) is 17.7 Å². The predicted molar refractivity (Wildman–Crippen MR) is 172 cm³/mol. The molecule has 2 N–H and O–H groups in total. The Morgan fingerprint density at radius 1 is 0.705 bits per heavy atom. The van der Waals surface area contributed by atoms with Gasteiger partial charge in [-0.2, -0.15) is 0 Å². The topological polar surface area (TPSA) is 81.8 Å². The zero-order valence-electron chi connectivity index (χ0n) is 25.5. The zero-order valence-corrected chi connectivity index (χ0v) is 25.5. The van der Waals surface area contributed by atoms with Crippen LogP contribution in [0.3, 0.4) is 0 Å². The van der Waals surface area contributed by atoms with E-state index in [1.807, 2.05) is 54.6 Å². The van der Waals surface area contributed by atoms with E-state index in [4.69, 9.17) is 0 Å². The second-order valence-corrected chi connectivity index (χ2v) is 12.6. The van der Waals surface area contributed by atoms with Crippen molar-refractivity contribution < 1.29 is 14.4 Å². The van der Waals surface area contributed by atoms with Crippen LogP contribution in [-0.4, -0.2) is 72.3 Å². The van der Waals surface area contributed by atoms with Gasteiger partial charge in [-0.3, -0.25) is 14.4 Å². The van der Waals surface area contributed by atoms with Crippen molar-refractivity contribution in [2.24, 2.45) is 5.92 Å². The number of amides is 3. The summed E-state index contributed by atoms with van der Waals surface area (Å²) in [6, 6.07) is 29.7. The van der Waals surface area contributed by atoms with Crippen molar-refractivity contribution >= 4 is 17.7 Å². The Labute approximate surface area is 261 Å². The van der Waals surface area contributed by atoms with Gasteiger partial charge in [0, 0.05) is 26.1 Å². The summed E-state index contributed by atoms with van der Waals surface area (Å²) in [4.78, 5) is 45.4. The summed E-state index contributed by atoms with van der Waals surface area (Å²) < 4.78 is 0. The minimum atomic E-state index is -0.721. The molecule has 3 atom stereocenters. The van der Waals surface area contributed by atoms with Crippen LogP contribution < -0.4 is 10.6 Å². The summed E-state index contributed by atoms with van der Waals surface area (Å²) in [6.07, 6.45) is 5.30. The molecular weight excluding hydrogens is 548 g/mol. The van der Waals surface area contributed by atoms with Crippen LogP contribution in [0.5, 0.6) is 0 Å². The molecule has 2 unspecified atom stereocenters. The Balaban J connectivity index is 1.24. The molecule has 0 aliphatic carbocycles. The number of hydrogen-bond donors (Lipinski definition) is 2. The number of benzene rings is 3. The Hall–Kier alpha value is -3.97. The smallest absolute Gasteiger partial charge is 0.246 e. The highest BCUT2D eigenvalue weighted by Crippen LogP contribution is 2.43. The van der Waals surface area contributed by atoms with Gasteiger partial charge in [-0.05, 0) is 74.2 Å². The third kappa shape index (κ3) is 6.16. The van der Waals surface area contributed by atoms with E-state index in [0.29, 0.717) is 38.4 Å². The highest BCUT2D eigenvalue weighted by molar-refractivity contribution is 5.93. The van der Waals surface area contributed by atoms with Gasteiger partial charge in [-0.15, -0.1) is 0 Å². The number of nitrogens with zero attached hydrogens (tertiary/aromatic N) is 2. The van der Waals surface area contributed by atoms with Gasteiger partial charge < -0.3 is 20.4 Å². The molecule has 0 radical (unpaired) electrons. The molecule has 44 heavy (non-hydrogen) atoms. The molecule has 0 aromatic heterocycles. The Kier molecular flexibility index (Phi) is 9.41. The van der Waals surface area contributed by atoms with Crippen molar-refractivity contribution in [3.63, 3.8) is 0 Å². The Bertz CT molecular complexity index is 1310. The number of carbonyl (C=O) groups excluding carboxylic acids is 3. The fourth-order valence-electron chi connectivity index (χ4n) is 7.58. The molecule has 3 amide bonds. The van der Waals surface area contributed by atoms with Gasteiger partial charge in [0.05, 0.1) is 5.41 Å². The average molecular weight is 593 g/mol. The van der Waals surface area contributed by atoms with Gasteiger partial charge in [0.1, 0.15) is 12.1 Å². The molecule has 3 heterocycles. The maximum Gasteiger partial charge on any atom is 0.246 e. The van der Waals surface area contributed by atoms with Gasteiger partial charge in [-0.1, -0.05) is 91.0 Å². The van der Waals surface area contributed by atoms with Crippen molar-refractivity contribution in [1.29, 1.82) is 0 Å². The predicted octanol–water partition coefficient (Wildman–Crippen LogP) is 4.51. The van der Waals surface area contributed by atoms with E-state index in [-0.39, 0.29) is 24.1 Å². The second-order valence-electron chi connectivity index (χ2n) is 12.6. The van der Waals surface area contributed by atoms with Gasteiger partial charge in [0.25, 0.3) is 0 Å². The number of hydrogen-bond acceptors (Lipinski definition) is 4. The molecule has 3 aromatic rings. The summed E-state index contributed by atoms with van der Waals surface area (Å²) in [5.74, 6) is 0.244. The van der Waals surface area contributed by atoms with Crippen LogP contribution in [-0.2, 0) is 19.8 Å². The van der Waals surface area contributed by atoms with Crippen LogP contribution in [0.4, 0.5) is 0 Å². The van der Waals surface area contributed by atoms with E-state index in [0.717, 1.165) is 55.5 Å². The van der Waals surface area contributed by atoms with Crippen LogP contribution >= 0.6 is 0 Å². The van der Waals surface area contributed by atoms with Crippen molar-refractivity contribution in [3.8, 4) is 0 Å². The number of rotatable bonds is 9. The summed E-state index contributed by atoms with van der Waals surface area (Å²) in [5, 5.41) is 6.54. The zero-order chi connectivity index (χ0) is 30.4. The van der Waals surface area contributed by atoms with Crippen molar-refractivity contribution in [2.45, 2.75) is 62.4 Å². The quantitative estimate of drug-likeness (QED) is 0.359. The minimum Gasteiger partial charge on any atom is -0.354 e. The molecule has 3 aliphatic heterocycles. The lowest BCUT2D eigenvalue weighted by Crippen LogP contribution is -2.54. The fraction of sp³-hybridized carbons (Fsp3) is 0.432. The van der Waals surface area contributed by atoms with Crippen LogP contribution in [0.15, 0.2) is 91.0 Å². The monoisotopic (exact) mass is 592 g/mol. The third-order valence-corrected chi connectivity index (χ3v) is 9.88. The molecule has 7 nitrogen and oxygen atoms in total. The first-order valence-corrected chi connectivity index (χ1v) is 16.3. The van der Waals surface area contributed by atoms with E-state index < -0.39 is 17.5 Å². The Morgan fingerprint density at radius 2 is 1.25 bits per heavy atom. The van der Waals surface area contributed by atoms with Crippen molar-refractivity contribution in [2.75, 3.05) is 32.7 Å². The lowest BCUT2D eigenvalue weighted by Gasteiger charge is -2.38.